The molecule has 0 aliphatic carbocycles. The highest BCUT2D eigenvalue weighted by Gasteiger charge is 2.56. The summed E-state index contributed by atoms with van der Waals surface area (Å²) in [5.41, 5.74) is 8.81. The average molecular weight is 591 g/mol. The number of anilines is 1. The number of hydrogen-bond acceptors (Lipinski definition) is 1. The van der Waals surface area contributed by atoms with Crippen LogP contribution in [0.1, 0.15) is 143 Å². The molecule has 2 aromatic carbocycles. The van der Waals surface area contributed by atoms with E-state index in [0.29, 0.717) is 35.8 Å². The van der Waals surface area contributed by atoms with Crippen LogP contribution in [-0.4, -0.2) is 30.3 Å². The lowest BCUT2D eigenvalue weighted by Crippen LogP contribution is -2.53. The summed E-state index contributed by atoms with van der Waals surface area (Å²) >= 11 is 0. The van der Waals surface area contributed by atoms with Gasteiger partial charge in [0.2, 0.25) is 6.34 Å². The number of nitrogens with zero attached hydrogens (tertiary/aromatic N) is 2. The third-order valence-electron chi connectivity index (χ3n) is 8.12. The third-order valence-corrected chi connectivity index (χ3v) is 8.12. The highest BCUT2D eigenvalue weighted by molar-refractivity contribution is 6.50. The quantitative estimate of drug-likeness (QED) is 0.184. The molecule has 1 aliphatic heterocycles. The number of benzene rings is 2. The first-order chi connectivity index (χ1) is 19.0. The molecule has 1 heterocycles. The van der Waals surface area contributed by atoms with Gasteiger partial charge in [-0.05, 0) is 23.7 Å². The zero-order valence-electron chi connectivity index (χ0n) is 28.5. The summed E-state index contributed by atoms with van der Waals surface area (Å²) in [4.78, 5) is 2.70. The second-order valence-corrected chi connectivity index (χ2v) is 15.2. The molecule has 236 valence electrons. The lowest BCUT2D eigenvalue weighted by molar-refractivity contribution is -0.497. The average Bonchev–Trinajstić information content (AvgIpc) is 3.23. The Morgan fingerprint density at radius 2 is 0.952 bits per heavy atom. The second-order valence-electron chi connectivity index (χ2n) is 15.2. The molecule has 0 saturated carbocycles. The van der Waals surface area contributed by atoms with Crippen LogP contribution < -0.4 is 4.90 Å². The Labute approximate surface area is 253 Å². The molecule has 0 radical (unpaired) electrons. The van der Waals surface area contributed by atoms with Crippen LogP contribution >= 0.6 is 0 Å². The van der Waals surface area contributed by atoms with E-state index >= 15 is 0 Å². The van der Waals surface area contributed by atoms with Crippen molar-refractivity contribution in [2.24, 2.45) is 10.8 Å². The van der Waals surface area contributed by atoms with Gasteiger partial charge in [-0.25, -0.2) is 9.48 Å². The number of halogens is 4. The normalized spacial score (nSPS) is 18.2. The van der Waals surface area contributed by atoms with Crippen molar-refractivity contribution in [3.63, 3.8) is 0 Å². The van der Waals surface area contributed by atoms with Gasteiger partial charge in [0.05, 0.1) is 0 Å². The van der Waals surface area contributed by atoms with Crippen molar-refractivity contribution in [3.05, 3.63) is 58.7 Å². The summed E-state index contributed by atoms with van der Waals surface area (Å²) in [5.74, 6) is 1.83. The van der Waals surface area contributed by atoms with Crippen LogP contribution in [0.15, 0.2) is 36.4 Å². The van der Waals surface area contributed by atoms with E-state index in [4.69, 9.17) is 0 Å². The molecule has 0 fully saturated rings. The molecule has 0 spiro atoms. The predicted molar refractivity (Wildman–Crippen MR) is 174 cm³/mol. The molecule has 1 aliphatic rings. The van der Waals surface area contributed by atoms with E-state index in [9.17, 15) is 17.3 Å². The molecule has 0 saturated heterocycles. The highest BCUT2D eigenvalue weighted by Crippen LogP contribution is 2.48. The van der Waals surface area contributed by atoms with Crippen LogP contribution in [0.2, 0.25) is 0 Å². The largest absolute Gasteiger partial charge is 0.673 e. The summed E-state index contributed by atoms with van der Waals surface area (Å²) < 4.78 is 41.7. The van der Waals surface area contributed by atoms with Crippen LogP contribution in [0.25, 0.3) is 0 Å². The van der Waals surface area contributed by atoms with Crippen molar-refractivity contribution in [1.82, 2.24) is 0 Å². The van der Waals surface area contributed by atoms with Crippen molar-refractivity contribution in [2.45, 2.75) is 133 Å². The minimum atomic E-state index is -6.00. The molecule has 0 amide bonds. The summed E-state index contributed by atoms with van der Waals surface area (Å²) in [7, 11) is -6.00. The highest BCUT2D eigenvalue weighted by atomic mass is 19.5. The van der Waals surface area contributed by atoms with Gasteiger partial charge >= 0.3 is 7.25 Å². The molecule has 0 unspecified atom stereocenters. The van der Waals surface area contributed by atoms with E-state index in [2.05, 4.69) is 149 Å². The molecular formula is C35H55BF4N2. The number of para-hydroxylation sites is 2. The number of hydrogen-bond donors (Lipinski definition) is 0. The van der Waals surface area contributed by atoms with Crippen LogP contribution in [0.5, 0.6) is 0 Å². The SMILES string of the molecule is CC(C)c1cccc(C(C)C)c1N1C=[N+](c2c(C(C)C)cccc2C(C)C)[C@@H](C(C)(C)C)[C@@H]1C(C)(C)C.F[B-](F)(F)F. The second kappa shape index (κ2) is 13.1. The topological polar surface area (TPSA) is 6.25 Å². The molecule has 3 rings (SSSR count). The van der Waals surface area contributed by atoms with Crippen molar-refractivity contribution in [1.29, 1.82) is 0 Å². The van der Waals surface area contributed by atoms with Gasteiger partial charge in [0.1, 0.15) is 23.5 Å². The van der Waals surface area contributed by atoms with Crippen molar-refractivity contribution < 1.29 is 21.8 Å². The Morgan fingerprint density at radius 1 is 0.619 bits per heavy atom. The third kappa shape index (κ3) is 8.41. The molecule has 0 bridgehead atoms. The molecule has 2 aromatic rings. The van der Waals surface area contributed by atoms with Gasteiger partial charge in [-0.1, -0.05) is 133 Å². The van der Waals surface area contributed by atoms with E-state index in [-0.39, 0.29) is 10.8 Å². The Morgan fingerprint density at radius 3 is 1.24 bits per heavy atom. The molecule has 0 aromatic heterocycles. The van der Waals surface area contributed by atoms with Crippen LogP contribution in [0.3, 0.4) is 0 Å². The molecule has 2 nitrogen and oxygen atoms in total. The van der Waals surface area contributed by atoms with Gasteiger partial charge < -0.3 is 17.3 Å². The zero-order chi connectivity index (χ0) is 32.5. The number of rotatable bonds is 6. The van der Waals surface area contributed by atoms with Gasteiger partial charge in [-0.15, -0.1) is 0 Å². The Hall–Kier alpha value is -2.31. The van der Waals surface area contributed by atoms with Gasteiger partial charge in [0.25, 0.3) is 0 Å². The van der Waals surface area contributed by atoms with E-state index in [1.807, 2.05) is 0 Å². The first-order valence-electron chi connectivity index (χ1n) is 15.5. The van der Waals surface area contributed by atoms with Gasteiger partial charge in [0, 0.05) is 33.1 Å². The maximum absolute atomic E-state index is 9.75. The van der Waals surface area contributed by atoms with Crippen molar-refractivity contribution in [3.8, 4) is 0 Å². The molecular weight excluding hydrogens is 535 g/mol. The lowest BCUT2D eigenvalue weighted by Gasteiger charge is -2.40. The van der Waals surface area contributed by atoms with Crippen LogP contribution in [-0.2, 0) is 0 Å². The fraction of sp³-hybridized carbons (Fsp3) is 0.629. The minimum absolute atomic E-state index is 0.0757. The molecule has 7 heteroatoms. The zero-order valence-corrected chi connectivity index (χ0v) is 28.5. The fourth-order valence-electron chi connectivity index (χ4n) is 6.38. The summed E-state index contributed by atoms with van der Waals surface area (Å²) in [6.07, 6.45) is 2.51. The molecule has 42 heavy (non-hydrogen) atoms. The maximum Gasteiger partial charge on any atom is 0.673 e. The standard InChI is InChI=1S/C35H55N2.BF4/c1-22(2)26-17-15-18-27(23(3)4)30(26)36-21-37(33(35(12,13)14)32(36)34(9,10)11)31-28(24(5)6)19-16-20-29(31)25(7)8;2-1(3,4)5/h15-25,32-33H,1-14H3;/q+1;-1/t32-,33-;/m1./s1. The van der Waals surface area contributed by atoms with Crippen molar-refractivity contribution in [2.75, 3.05) is 4.90 Å². The fourth-order valence-corrected chi connectivity index (χ4v) is 6.38. The van der Waals surface area contributed by atoms with Gasteiger partial charge in [-0.3, -0.25) is 0 Å². The van der Waals surface area contributed by atoms with Crippen LogP contribution in [0, 0.1) is 10.8 Å². The Kier molecular flexibility index (Phi) is 11.2. The van der Waals surface area contributed by atoms with Gasteiger partial charge in [0.15, 0.2) is 0 Å². The summed E-state index contributed by atoms with van der Waals surface area (Å²) in [6.45, 7) is 33.4. The van der Waals surface area contributed by atoms with Crippen molar-refractivity contribution >= 4 is 25.0 Å². The lowest BCUT2D eigenvalue weighted by atomic mass is 9.71. The summed E-state index contributed by atoms with van der Waals surface area (Å²) in [6, 6.07) is 14.6. The predicted octanol–water partition coefficient (Wildman–Crippen LogP) is 11.5. The first-order valence-corrected chi connectivity index (χ1v) is 15.5. The molecule has 0 N–H and O–H groups in total. The Balaban J connectivity index is 0.00000113. The van der Waals surface area contributed by atoms with E-state index in [1.165, 1.54) is 33.6 Å². The minimum Gasteiger partial charge on any atom is -0.418 e. The van der Waals surface area contributed by atoms with Crippen LogP contribution in [0.4, 0.5) is 28.6 Å². The smallest absolute Gasteiger partial charge is 0.418 e. The van der Waals surface area contributed by atoms with E-state index < -0.39 is 7.25 Å². The summed E-state index contributed by atoms with van der Waals surface area (Å²) in [5, 5.41) is 0. The maximum atomic E-state index is 9.75. The monoisotopic (exact) mass is 590 g/mol. The van der Waals surface area contributed by atoms with E-state index in [0.717, 1.165) is 0 Å². The first kappa shape index (κ1) is 35.9. The molecule has 2 atom stereocenters. The van der Waals surface area contributed by atoms with E-state index in [1.54, 1.807) is 0 Å². The van der Waals surface area contributed by atoms with Gasteiger partial charge in [-0.2, -0.15) is 0 Å². The Bertz CT molecular complexity index is 1170.